The Labute approximate surface area is 120 Å². The number of hydrogen-bond acceptors (Lipinski definition) is 3. The van der Waals surface area contributed by atoms with Crippen LogP contribution in [0.4, 0.5) is 0 Å². The van der Waals surface area contributed by atoms with Crippen LogP contribution in [-0.2, 0) is 9.59 Å². The minimum absolute atomic E-state index is 0.118. The molecule has 5 nitrogen and oxygen atoms in total. The Bertz CT molecular complexity index is 389. The predicted molar refractivity (Wildman–Crippen MR) is 76.3 cm³/mol. The van der Waals surface area contributed by atoms with Gasteiger partial charge in [-0.3, -0.25) is 14.5 Å². The molecule has 0 radical (unpaired) electrons. The summed E-state index contributed by atoms with van der Waals surface area (Å²) in [5.74, 6) is -2.35. The van der Waals surface area contributed by atoms with E-state index < -0.39 is 17.3 Å². The van der Waals surface area contributed by atoms with Crippen molar-refractivity contribution >= 4 is 11.9 Å². The van der Waals surface area contributed by atoms with Crippen molar-refractivity contribution < 1.29 is 14.7 Å². The Morgan fingerprint density at radius 2 is 1.90 bits per heavy atom. The van der Waals surface area contributed by atoms with Crippen LogP contribution in [0.15, 0.2) is 0 Å². The molecule has 3 unspecified atom stereocenters. The van der Waals surface area contributed by atoms with Gasteiger partial charge in [-0.1, -0.05) is 27.2 Å². The molecule has 0 aromatic rings. The smallest absolute Gasteiger partial charge is 0.316 e. The number of carbonyl (C=O) groups is 2. The normalized spacial score (nSPS) is 28.8. The summed E-state index contributed by atoms with van der Waals surface area (Å²) >= 11 is 0. The van der Waals surface area contributed by atoms with Gasteiger partial charge in [0.1, 0.15) is 5.92 Å². The van der Waals surface area contributed by atoms with E-state index in [-0.39, 0.29) is 11.9 Å². The van der Waals surface area contributed by atoms with E-state index in [9.17, 15) is 14.7 Å². The van der Waals surface area contributed by atoms with Crippen LogP contribution in [0.1, 0.15) is 46.5 Å². The highest BCUT2D eigenvalue weighted by atomic mass is 16.4. The number of nitrogens with one attached hydrogen (secondary N) is 1. The first-order chi connectivity index (χ1) is 9.30. The summed E-state index contributed by atoms with van der Waals surface area (Å²) in [5, 5.41) is 12.3. The van der Waals surface area contributed by atoms with E-state index >= 15 is 0 Å². The van der Waals surface area contributed by atoms with Crippen molar-refractivity contribution in [2.24, 2.45) is 11.3 Å². The number of nitrogens with zero attached hydrogens (tertiary/aromatic N) is 1. The SMILES string of the molecule is CC(C)(C)C(C(=O)O)C(=O)NC1CCN2CCCCC12. The van der Waals surface area contributed by atoms with Crippen molar-refractivity contribution in [1.82, 2.24) is 10.2 Å². The Kier molecular flexibility index (Phi) is 4.37. The Balaban J connectivity index is 2.02. The molecule has 2 saturated heterocycles. The van der Waals surface area contributed by atoms with Gasteiger partial charge in [0, 0.05) is 18.6 Å². The average Bonchev–Trinajstić information content (AvgIpc) is 2.70. The molecule has 0 aliphatic carbocycles. The van der Waals surface area contributed by atoms with E-state index in [0.29, 0.717) is 6.04 Å². The van der Waals surface area contributed by atoms with E-state index in [4.69, 9.17) is 0 Å². The second-order valence-electron chi connectivity index (χ2n) is 7.14. The van der Waals surface area contributed by atoms with Gasteiger partial charge in [-0.15, -0.1) is 0 Å². The quantitative estimate of drug-likeness (QED) is 0.769. The maximum atomic E-state index is 12.4. The summed E-state index contributed by atoms with van der Waals surface area (Å²) in [4.78, 5) is 26.2. The maximum absolute atomic E-state index is 12.4. The third kappa shape index (κ3) is 3.14. The highest BCUT2D eigenvalue weighted by molar-refractivity contribution is 5.97. The molecule has 2 heterocycles. The maximum Gasteiger partial charge on any atom is 0.316 e. The zero-order valence-electron chi connectivity index (χ0n) is 12.7. The van der Waals surface area contributed by atoms with Gasteiger partial charge in [0.15, 0.2) is 0 Å². The molecule has 2 aliphatic heterocycles. The third-order valence-electron chi connectivity index (χ3n) is 4.56. The van der Waals surface area contributed by atoms with Gasteiger partial charge in [0.2, 0.25) is 5.91 Å². The lowest BCUT2D eigenvalue weighted by atomic mass is 9.80. The summed E-state index contributed by atoms with van der Waals surface area (Å²) in [5.41, 5.74) is -0.569. The van der Waals surface area contributed by atoms with E-state index in [1.807, 2.05) is 0 Å². The number of fused-ring (bicyclic) bond motifs is 1. The molecule has 3 atom stereocenters. The molecule has 2 N–H and O–H groups in total. The second kappa shape index (κ2) is 5.72. The van der Waals surface area contributed by atoms with Crippen LogP contribution in [0.3, 0.4) is 0 Å². The van der Waals surface area contributed by atoms with Crippen molar-refractivity contribution in [3.05, 3.63) is 0 Å². The number of carbonyl (C=O) groups excluding carboxylic acids is 1. The summed E-state index contributed by atoms with van der Waals surface area (Å²) in [7, 11) is 0. The Morgan fingerprint density at radius 1 is 1.20 bits per heavy atom. The van der Waals surface area contributed by atoms with Gasteiger partial charge >= 0.3 is 5.97 Å². The molecular weight excluding hydrogens is 256 g/mol. The van der Waals surface area contributed by atoms with Crippen LogP contribution in [-0.4, -0.2) is 47.1 Å². The number of aliphatic carboxylic acids is 1. The van der Waals surface area contributed by atoms with Gasteiger partial charge < -0.3 is 10.4 Å². The highest BCUT2D eigenvalue weighted by Gasteiger charge is 2.41. The minimum atomic E-state index is -1.03. The molecule has 0 aromatic heterocycles. The van der Waals surface area contributed by atoms with Crippen molar-refractivity contribution in [2.45, 2.75) is 58.5 Å². The number of hydrogen-bond donors (Lipinski definition) is 2. The van der Waals surface area contributed by atoms with Gasteiger partial charge in [0.05, 0.1) is 0 Å². The molecule has 114 valence electrons. The molecule has 5 heteroatoms. The number of rotatable bonds is 3. The zero-order chi connectivity index (χ0) is 14.9. The first-order valence-corrected chi connectivity index (χ1v) is 7.58. The molecule has 2 rings (SSSR count). The lowest BCUT2D eigenvalue weighted by Crippen LogP contribution is -2.51. The van der Waals surface area contributed by atoms with E-state index in [1.54, 1.807) is 20.8 Å². The monoisotopic (exact) mass is 282 g/mol. The van der Waals surface area contributed by atoms with Crippen LogP contribution in [0.25, 0.3) is 0 Å². The number of carboxylic acid groups (broad SMARTS) is 1. The average molecular weight is 282 g/mol. The molecule has 0 bridgehead atoms. The van der Waals surface area contributed by atoms with Crippen LogP contribution in [0.2, 0.25) is 0 Å². The Morgan fingerprint density at radius 3 is 2.50 bits per heavy atom. The molecule has 2 fully saturated rings. The van der Waals surface area contributed by atoms with Gasteiger partial charge in [-0.05, 0) is 31.2 Å². The largest absolute Gasteiger partial charge is 0.481 e. The minimum Gasteiger partial charge on any atom is -0.481 e. The summed E-state index contributed by atoms with van der Waals surface area (Å²) < 4.78 is 0. The number of piperidine rings is 1. The van der Waals surface area contributed by atoms with Crippen molar-refractivity contribution in [3.63, 3.8) is 0 Å². The summed E-state index contributed by atoms with van der Waals surface area (Å²) in [6.45, 7) is 7.52. The van der Waals surface area contributed by atoms with Crippen LogP contribution < -0.4 is 5.32 Å². The molecule has 2 aliphatic rings. The number of carboxylic acids is 1. The standard InChI is InChI=1S/C15H26N2O3/c1-15(2,3)12(14(19)20)13(18)16-10-7-9-17-8-5-4-6-11(10)17/h10-12H,4-9H2,1-3H3,(H,16,18)(H,19,20). The van der Waals surface area contributed by atoms with Crippen LogP contribution in [0, 0.1) is 11.3 Å². The molecule has 0 aromatic carbocycles. The summed E-state index contributed by atoms with van der Waals surface area (Å²) in [6, 6.07) is 0.522. The van der Waals surface area contributed by atoms with E-state index in [0.717, 1.165) is 25.9 Å². The fourth-order valence-corrected chi connectivity index (χ4v) is 3.56. The van der Waals surface area contributed by atoms with Crippen LogP contribution in [0.5, 0.6) is 0 Å². The zero-order valence-corrected chi connectivity index (χ0v) is 12.7. The first-order valence-electron chi connectivity index (χ1n) is 7.58. The molecule has 0 saturated carbocycles. The van der Waals surface area contributed by atoms with Crippen LogP contribution >= 0.6 is 0 Å². The molecule has 0 spiro atoms. The topological polar surface area (TPSA) is 69.6 Å². The van der Waals surface area contributed by atoms with E-state index in [1.165, 1.54) is 12.8 Å². The summed E-state index contributed by atoms with van der Waals surface area (Å²) in [6.07, 6.45) is 4.48. The number of amides is 1. The molecule has 20 heavy (non-hydrogen) atoms. The van der Waals surface area contributed by atoms with Gasteiger partial charge in [0.25, 0.3) is 0 Å². The van der Waals surface area contributed by atoms with Crippen molar-refractivity contribution in [1.29, 1.82) is 0 Å². The van der Waals surface area contributed by atoms with Crippen molar-refractivity contribution in [3.8, 4) is 0 Å². The van der Waals surface area contributed by atoms with Crippen molar-refractivity contribution in [2.75, 3.05) is 13.1 Å². The third-order valence-corrected chi connectivity index (χ3v) is 4.56. The predicted octanol–water partition coefficient (Wildman–Crippen LogP) is 1.48. The van der Waals surface area contributed by atoms with E-state index in [2.05, 4.69) is 10.2 Å². The highest BCUT2D eigenvalue weighted by Crippen LogP contribution is 2.30. The van der Waals surface area contributed by atoms with Gasteiger partial charge in [-0.25, -0.2) is 0 Å². The first kappa shape index (κ1) is 15.3. The fraction of sp³-hybridized carbons (Fsp3) is 0.867. The second-order valence-corrected chi connectivity index (χ2v) is 7.14. The van der Waals surface area contributed by atoms with Gasteiger partial charge in [-0.2, -0.15) is 0 Å². The lowest BCUT2D eigenvalue weighted by molar-refractivity contribution is -0.151. The Hall–Kier alpha value is -1.10. The molecular formula is C15H26N2O3. The fourth-order valence-electron chi connectivity index (χ4n) is 3.56. The molecule has 1 amide bonds. The lowest BCUT2D eigenvalue weighted by Gasteiger charge is -2.34.